The molecule has 6 heteroatoms. The minimum atomic E-state index is -0.775. The molecule has 0 saturated heterocycles. The van der Waals surface area contributed by atoms with Crippen molar-refractivity contribution in [2.75, 3.05) is 18.5 Å². The lowest BCUT2D eigenvalue weighted by Gasteiger charge is -2.24. The van der Waals surface area contributed by atoms with Gasteiger partial charge in [0.2, 0.25) is 5.91 Å². The number of carbonyl (C=O) groups is 1. The average molecular weight is 353 g/mol. The topological polar surface area (TPSA) is 64.3 Å². The highest BCUT2D eigenvalue weighted by Crippen LogP contribution is 2.26. The van der Waals surface area contributed by atoms with Crippen LogP contribution in [-0.4, -0.2) is 19.1 Å². The fraction of sp³-hybridized carbons (Fsp3) is 0.278. The van der Waals surface area contributed by atoms with Crippen LogP contribution in [0.15, 0.2) is 48.5 Å². The summed E-state index contributed by atoms with van der Waals surface area (Å²) in [6.45, 7) is 4.50. The molecule has 0 spiro atoms. The molecule has 0 aliphatic carbocycles. The van der Waals surface area contributed by atoms with Crippen LogP contribution in [0.1, 0.15) is 19.4 Å². The minimum Gasteiger partial charge on any atom is -0.492 e. The summed E-state index contributed by atoms with van der Waals surface area (Å²) in [7, 11) is 0. The zero-order chi connectivity index (χ0) is 16.9. The van der Waals surface area contributed by atoms with Gasteiger partial charge in [-0.15, -0.1) is 12.4 Å². The predicted octanol–water partition coefficient (Wildman–Crippen LogP) is 3.50. The Morgan fingerprint density at radius 1 is 1.12 bits per heavy atom. The first kappa shape index (κ1) is 19.9. The summed E-state index contributed by atoms with van der Waals surface area (Å²) in [6, 6.07) is 13.0. The van der Waals surface area contributed by atoms with Crippen molar-refractivity contribution in [3.8, 4) is 5.75 Å². The van der Waals surface area contributed by atoms with Gasteiger partial charge in [-0.25, -0.2) is 4.39 Å². The van der Waals surface area contributed by atoms with Crippen LogP contribution in [0.3, 0.4) is 0 Å². The van der Waals surface area contributed by atoms with E-state index in [1.165, 1.54) is 12.1 Å². The Bertz CT molecular complexity index is 658. The first-order chi connectivity index (χ1) is 10.9. The molecule has 0 saturated carbocycles. The lowest BCUT2D eigenvalue weighted by Crippen LogP contribution is -2.34. The van der Waals surface area contributed by atoms with Crippen molar-refractivity contribution < 1.29 is 13.9 Å². The zero-order valence-electron chi connectivity index (χ0n) is 13.7. The molecule has 0 radical (unpaired) electrons. The van der Waals surface area contributed by atoms with Crippen molar-refractivity contribution in [1.29, 1.82) is 0 Å². The number of nitrogens with two attached hydrogens (primary N) is 1. The predicted molar refractivity (Wildman–Crippen MR) is 96.3 cm³/mol. The molecule has 4 nitrogen and oxygen atoms in total. The molecule has 0 aromatic heterocycles. The lowest BCUT2D eigenvalue weighted by atomic mass is 9.83. The fourth-order valence-electron chi connectivity index (χ4n) is 2.10. The molecule has 2 aromatic rings. The van der Waals surface area contributed by atoms with E-state index >= 15 is 0 Å². The normalized spacial score (nSPS) is 10.7. The van der Waals surface area contributed by atoms with Crippen molar-refractivity contribution in [3.63, 3.8) is 0 Å². The minimum absolute atomic E-state index is 0. The summed E-state index contributed by atoms with van der Waals surface area (Å²) >= 11 is 0. The summed E-state index contributed by atoms with van der Waals surface area (Å²) in [6.07, 6.45) is 0. The fourth-order valence-corrected chi connectivity index (χ4v) is 2.10. The largest absolute Gasteiger partial charge is 0.492 e. The molecule has 0 bridgehead atoms. The van der Waals surface area contributed by atoms with Crippen molar-refractivity contribution in [1.82, 2.24) is 0 Å². The molecule has 0 aliphatic rings. The van der Waals surface area contributed by atoms with E-state index in [1.807, 2.05) is 0 Å². The second-order valence-electron chi connectivity index (χ2n) is 5.75. The molecular weight excluding hydrogens is 331 g/mol. The third-order valence-corrected chi connectivity index (χ3v) is 3.63. The molecule has 0 aliphatic heterocycles. The van der Waals surface area contributed by atoms with Gasteiger partial charge < -0.3 is 15.8 Å². The van der Waals surface area contributed by atoms with Crippen LogP contribution in [0.2, 0.25) is 0 Å². The van der Waals surface area contributed by atoms with Gasteiger partial charge >= 0.3 is 0 Å². The summed E-state index contributed by atoms with van der Waals surface area (Å²) in [5.41, 5.74) is 6.02. The monoisotopic (exact) mass is 352 g/mol. The number of nitrogens with one attached hydrogen (secondary N) is 1. The summed E-state index contributed by atoms with van der Waals surface area (Å²) in [4.78, 5) is 12.5. The highest BCUT2D eigenvalue weighted by molar-refractivity contribution is 5.98. The molecule has 0 fully saturated rings. The van der Waals surface area contributed by atoms with Gasteiger partial charge in [0.25, 0.3) is 0 Å². The smallest absolute Gasteiger partial charge is 0.234 e. The van der Waals surface area contributed by atoms with Gasteiger partial charge in [-0.1, -0.05) is 12.1 Å². The van der Waals surface area contributed by atoms with Gasteiger partial charge in [0.15, 0.2) is 0 Å². The van der Waals surface area contributed by atoms with Gasteiger partial charge in [-0.2, -0.15) is 0 Å². The number of hydrogen-bond donors (Lipinski definition) is 2. The van der Waals surface area contributed by atoms with Crippen LogP contribution in [0.25, 0.3) is 0 Å². The van der Waals surface area contributed by atoms with Crippen LogP contribution < -0.4 is 15.8 Å². The Morgan fingerprint density at radius 2 is 1.71 bits per heavy atom. The molecular formula is C18H22ClFN2O2. The molecule has 24 heavy (non-hydrogen) atoms. The van der Waals surface area contributed by atoms with E-state index in [2.05, 4.69) is 5.32 Å². The molecule has 0 atom stereocenters. The van der Waals surface area contributed by atoms with Crippen molar-refractivity contribution in [3.05, 3.63) is 59.9 Å². The van der Waals surface area contributed by atoms with Crippen molar-refractivity contribution in [2.45, 2.75) is 19.3 Å². The number of halogens is 2. The van der Waals surface area contributed by atoms with E-state index < -0.39 is 5.41 Å². The number of hydrogen-bond acceptors (Lipinski definition) is 3. The number of anilines is 1. The van der Waals surface area contributed by atoms with Gasteiger partial charge in [0.05, 0.1) is 5.41 Å². The molecule has 2 aromatic carbocycles. The average Bonchev–Trinajstić information content (AvgIpc) is 2.54. The number of carbonyl (C=O) groups excluding carboxylic acids is 1. The number of amides is 1. The third-order valence-electron chi connectivity index (χ3n) is 3.63. The van der Waals surface area contributed by atoms with Crippen LogP contribution in [0, 0.1) is 5.82 Å². The molecule has 0 heterocycles. The summed E-state index contributed by atoms with van der Waals surface area (Å²) in [5.74, 6) is 0.212. The Balaban J connectivity index is 0.00000288. The standard InChI is InChI=1S/C18H21FN2O2.ClH/c1-18(2,13-3-5-14(19)6-4-13)17(22)21-15-7-9-16(10-8-15)23-12-11-20;/h3-10H,11-12,20H2,1-2H3,(H,21,22);1H. The van der Waals surface area contributed by atoms with E-state index in [0.717, 1.165) is 5.56 Å². The van der Waals surface area contributed by atoms with E-state index in [4.69, 9.17) is 10.5 Å². The van der Waals surface area contributed by atoms with Gasteiger partial charge in [0.1, 0.15) is 18.2 Å². The summed E-state index contributed by atoms with van der Waals surface area (Å²) < 4.78 is 18.4. The van der Waals surface area contributed by atoms with E-state index in [1.54, 1.807) is 50.2 Å². The molecule has 3 N–H and O–H groups in total. The third kappa shape index (κ3) is 4.94. The Labute approximate surface area is 147 Å². The maximum absolute atomic E-state index is 13.0. The van der Waals surface area contributed by atoms with E-state index in [9.17, 15) is 9.18 Å². The zero-order valence-corrected chi connectivity index (χ0v) is 14.5. The molecule has 2 rings (SSSR count). The SMILES string of the molecule is CC(C)(C(=O)Nc1ccc(OCCN)cc1)c1ccc(F)cc1.Cl. The van der Waals surface area contributed by atoms with Crippen LogP contribution >= 0.6 is 12.4 Å². The first-order valence-corrected chi connectivity index (χ1v) is 7.44. The highest BCUT2D eigenvalue weighted by Gasteiger charge is 2.29. The molecule has 130 valence electrons. The van der Waals surface area contributed by atoms with E-state index in [0.29, 0.717) is 24.6 Å². The van der Waals surface area contributed by atoms with Gasteiger partial charge in [-0.3, -0.25) is 4.79 Å². The maximum atomic E-state index is 13.0. The second-order valence-corrected chi connectivity index (χ2v) is 5.75. The first-order valence-electron chi connectivity index (χ1n) is 7.44. The summed E-state index contributed by atoms with van der Waals surface area (Å²) in [5, 5.41) is 2.87. The highest BCUT2D eigenvalue weighted by atomic mass is 35.5. The van der Waals surface area contributed by atoms with E-state index in [-0.39, 0.29) is 24.1 Å². The number of rotatable bonds is 6. The van der Waals surface area contributed by atoms with Crippen LogP contribution in [-0.2, 0) is 10.2 Å². The van der Waals surface area contributed by atoms with Crippen molar-refractivity contribution >= 4 is 24.0 Å². The number of benzene rings is 2. The Kier molecular flexibility index (Phi) is 7.19. The van der Waals surface area contributed by atoms with Gasteiger partial charge in [-0.05, 0) is 55.8 Å². The maximum Gasteiger partial charge on any atom is 0.234 e. The Morgan fingerprint density at radius 3 is 2.25 bits per heavy atom. The molecule has 0 unspecified atom stereocenters. The molecule has 1 amide bonds. The Hall–Kier alpha value is -2.11. The van der Waals surface area contributed by atoms with Crippen molar-refractivity contribution in [2.24, 2.45) is 5.73 Å². The van der Waals surface area contributed by atoms with Gasteiger partial charge in [0, 0.05) is 12.2 Å². The number of ether oxygens (including phenoxy) is 1. The lowest BCUT2D eigenvalue weighted by molar-refractivity contribution is -0.120. The van der Waals surface area contributed by atoms with Crippen LogP contribution in [0.5, 0.6) is 5.75 Å². The van der Waals surface area contributed by atoms with Crippen LogP contribution in [0.4, 0.5) is 10.1 Å². The quantitative estimate of drug-likeness (QED) is 0.836. The second kappa shape index (κ2) is 8.66.